The van der Waals surface area contributed by atoms with Crippen LogP contribution in [-0.2, 0) is 46.9 Å². The first-order valence-electron chi connectivity index (χ1n) is 10.8. The van der Waals surface area contributed by atoms with Gasteiger partial charge in [-0.15, -0.1) is 0 Å². The van der Waals surface area contributed by atoms with Gasteiger partial charge in [-0.05, 0) is 78.6 Å². The van der Waals surface area contributed by atoms with Gasteiger partial charge >= 0.3 is 0 Å². The van der Waals surface area contributed by atoms with Gasteiger partial charge in [0.1, 0.15) is 0 Å². The summed E-state index contributed by atoms with van der Waals surface area (Å²) in [7, 11) is 0. The molecule has 171 valence electrons. The Morgan fingerprint density at radius 3 is 0.857 bits per heavy atom. The Kier molecular flexibility index (Phi) is 54.5. The molecule has 0 spiro atoms. The third-order valence-electron chi connectivity index (χ3n) is 3.45. The van der Waals surface area contributed by atoms with Crippen LogP contribution >= 0.6 is 0 Å². The number of unbranched alkanes of at least 4 members (excludes halogenated alkanes) is 6. The topological polar surface area (TPSA) is 88.4 Å². The van der Waals surface area contributed by atoms with E-state index < -0.39 is 0 Å². The molecule has 0 aliphatic heterocycles. The largest absolute Gasteiger partial charge is 0.396 e. The Bertz CT molecular complexity index is 160. The predicted molar refractivity (Wildman–Crippen MR) is 112 cm³/mol. The van der Waals surface area contributed by atoms with Crippen LogP contribution in [0.25, 0.3) is 0 Å². The van der Waals surface area contributed by atoms with Crippen molar-refractivity contribution in [2.75, 3.05) is 59.5 Å². The smallest absolute Gasteiger partial charge is 0.0465 e. The summed E-state index contributed by atoms with van der Waals surface area (Å²) < 4.78 is 15.3. The van der Waals surface area contributed by atoms with Crippen LogP contribution in [0.1, 0.15) is 78.6 Å². The van der Waals surface area contributed by atoms with E-state index in [4.69, 9.17) is 29.5 Å². The van der Waals surface area contributed by atoms with E-state index in [1.165, 1.54) is 0 Å². The fourth-order valence-electron chi connectivity index (χ4n) is 1.91. The first kappa shape index (κ1) is 36.2. The van der Waals surface area contributed by atoms with Crippen molar-refractivity contribution in [2.45, 2.75) is 78.6 Å². The van der Waals surface area contributed by atoms with Crippen LogP contribution in [0.4, 0.5) is 0 Å². The van der Waals surface area contributed by atoms with Crippen LogP contribution in [0.15, 0.2) is 0 Å². The van der Waals surface area contributed by atoms with Crippen LogP contribution in [0.2, 0.25) is 0 Å². The molecule has 0 aliphatic carbocycles. The summed E-state index contributed by atoms with van der Waals surface area (Å²) in [5, 5.41) is 25.1. The van der Waals surface area contributed by atoms with Crippen LogP contribution in [0.5, 0.6) is 0 Å². The molecule has 0 aliphatic rings. The molecule has 7 heteroatoms. The maximum Gasteiger partial charge on any atom is 0.0465 e. The second-order valence-corrected chi connectivity index (χ2v) is 5.94. The molecule has 0 aromatic heterocycles. The molecular formula is C21H48O6Y. The molecule has 0 bridgehead atoms. The van der Waals surface area contributed by atoms with E-state index in [1.807, 2.05) is 20.8 Å². The summed E-state index contributed by atoms with van der Waals surface area (Å²) in [6, 6.07) is 0. The van der Waals surface area contributed by atoms with Gasteiger partial charge in [0, 0.05) is 92.2 Å². The fraction of sp³-hybridized carbons (Fsp3) is 1.00. The molecule has 6 nitrogen and oxygen atoms in total. The fourth-order valence-corrected chi connectivity index (χ4v) is 1.91. The first-order chi connectivity index (χ1) is 13.2. The van der Waals surface area contributed by atoms with Crippen molar-refractivity contribution in [2.24, 2.45) is 0 Å². The van der Waals surface area contributed by atoms with E-state index in [2.05, 4.69) is 0 Å². The van der Waals surface area contributed by atoms with Crippen molar-refractivity contribution < 1.29 is 62.2 Å². The molecule has 28 heavy (non-hydrogen) atoms. The van der Waals surface area contributed by atoms with Crippen LogP contribution < -0.4 is 0 Å². The summed E-state index contributed by atoms with van der Waals surface area (Å²) in [4.78, 5) is 0. The van der Waals surface area contributed by atoms with E-state index in [9.17, 15) is 0 Å². The minimum absolute atomic E-state index is 0. The minimum Gasteiger partial charge on any atom is -0.396 e. The zero-order valence-corrected chi connectivity index (χ0v) is 21.7. The Balaban J connectivity index is -0.000000152. The average Bonchev–Trinajstić information content (AvgIpc) is 2.69. The summed E-state index contributed by atoms with van der Waals surface area (Å²) in [5.41, 5.74) is 0. The third kappa shape index (κ3) is 50.5. The number of rotatable bonds is 18. The molecule has 0 saturated heterocycles. The second-order valence-electron chi connectivity index (χ2n) is 5.94. The second kappa shape index (κ2) is 42.1. The van der Waals surface area contributed by atoms with Gasteiger partial charge in [-0.2, -0.15) is 0 Å². The Hall–Kier alpha value is 0.864. The maximum absolute atomic E-state index is 8.38. The third-order valence-corrected chi connectivity index (χ3v) is 3.45. The van der Waals surface area contributed by atoms with Crippen molar-refractivity contribution in [3.8, 4) is 0 Å². The predicted octanol–water partition coefficient (Wildman–Crippen LogP) is 3.55. The van der Waals surface area contributed by atoms with Crippen molar-refractivity contribution >= 4 is 0 Å². The Morgan fingerprint density at radius 2 is 0.679 bits per heavy atom. The van der Waals surface area contributed by atoms with Gasteiger partial charge in [-0.25, -0.2) is 0 Å². The molecule has 0 fully saturated rings. The van der Waals surface area contributed by atoms with Gasteiger partial charge in [-0.3, -0.25) is 0 Å². The molecule has 1 radical (unpaired) electrons. The van der Waals surface area contributed by atoms with Crippen LogP contribution in [-0.4, -0.2) is 74.8 Å². The van der Waals surface area contributed by atoms with E-state index in [0.29, 0.717) is 19.8 Å². The Labute approximate surface area is 199 Å². The molecule has 0 aromatic rings. The molecule has 0 amide bonds. The maximum atomic E-state index is 8.38. The normalized spacial score (nSPS) is 9.64. The standard InChI is InChI=1S/3C7H16O2.Y/c3*1-2-9-7-5-3-4-6-8;/h3*8H,2-7H2,1H3;. The van der Waals surface area contributed by atoms with E-state index in [-0.39, 0.29) is 32.7 Å². The molecule has 0 saturated carbocycles. The number of hydrogen-bond donors (Lipinski definition) is 3. The van der Waals surface area contributed by atoms with Gasteiger partial charge in [0.15, 0.2) is 0 Å². The zero-order valence-electron chi connectivity index (χ0n) is 18.9. The van der Waals surface area contributed by atoms with Gasteiger partial charge in [0.25, 0.3) is 0 Å². The monoisotopic (exact) mass is 485 g/mol. The number of aliphatic hydroxyl groups excluding tert-OH is 3. The van der Waals surface area contributed by atoms with E-state index in [1.54, 1.807) is 0 Å². The molecule has 0 heterocycles. The molecule has 0 aromatic carbocycles. The van der Waals surface area contributed by atoms with Crippen molar-refractivity contribution in [3.63, 3.8) is 0 Å². The van der Waals surface area contributed by atoms with Gasteiger partial charge in [0.2, 0.25) is 0 Å². The van der Waals surface area contributed by atoms with Crippen molar-refractivity contribution in [1.29, 1.82) is 0 Å². The average molecular weight is 486 g/mol. The quantitative estimate of drug-likeness (QED) is 0.258. The minimum atomic E-state index is 0. The van der Waals surface area contributed by atoms with Crippen molar-refractivity contribution in [1.82, 2.24) is 0 Å². The van der Waals surface area contributed by atoms with Crippen LogP contribution in [0, 0.1) is 0 Å². The molecular weight excluding hydrogens is 437 g/mol. The SMILES string of the molecule is CCOCCCCCO.CCOCCCCCO.CCOCCCCCO.[Y]. The number of ether oxygens (including phenoxy) is 3. The Morgan fingerprint density at radius 1 is 0.429 bits per heavy atom. The van der Waals surface area contributed by atoms with E-state index >= 15 is 0 Å². The first-order valence-corrected chi connectivity index (χ1v) is 10.8. The van der Waals surface area contributed by atoms with Gasteiger partial charge in [0.05, 0.1) is 0 Å². The van der Waals surface area contributed by atoms with Crippen LogP contribution in [0.3, 0.4) is 0 Å². The molecule has 0 rings (SSSR count). The molecule has 0 unspecified atom stereocenters. The number of aliphatic hydroxyl groups is 3. The zero-order chi connectivity index (χ0) is 20.8. The van der Waals surface area contributed by atoms with E-state index in [0.717, 1.165) is 97.4 Å². The van der Waals surface area contributed by atoms with Gasteiger partial charge in [-0.1, -0.05) is 0 Å². The summed E-state index contributed by atoms with van der Waals surface area (Å²) in [6.07, 6.45) is 9.20. The molecule has 3 N–H and O–H groups in total. The summed E-state index contributed by atoms with van der Waals surface area (Å²) in [5.74, 6) is 0. The number of hydrogen-bond acceptors (Lipinski definition) is 6. The van der Waals surface area contributed by atoms with Crippen molar-refractivity contribution in [3.05, 3.63) is 0 Å². The summed E-state index contributed by atoms with van der Waals surface area (Å²) >= 11 is 0. The van der Waals surface area contributed by atoms with Gasteiger partial charge < -0.3 is 29.5 Å². The molecule has 0 atom stereocenters. The summed E-state index contributed by atoms with van der Waals surface area (Å²) in [6.45, 7) is 11.9.